The van der Waals surface area contributed by atoms with Gasteiger partial charge in [-0.05, 0) is 31.2 Å². The molecule has 0 saturated carbocycles. The molecule has 1 heterocycles. The van der Waals surface area contributed by atoms with E-state index in [1.54, 1.807) is 9.80 Å². The quantitative estimate of drug-likeness (QED) is 0.575. The van der Waals surface area contributed by atoms with Crippen molar-refractivity contribution in [2.75, 3.05) is 19.6 Å². The van der Waals surface area contributed by atoms with E-state index < -0.39 is 9.85 Å². The zero-order valence-corrected chi connectivity index (χ0v) is 15.6. The Hall–Kier alpha value is -3.82. The number of amides is 2. The van der Waals surface area contributed by atoms with Crippen LogP contribution in [0.15, 0.2) is 48.5 Å². The summed E-state index contributed by atoms with van der Waals surface area (Å²) in [5.74, 6) is -0.510. The van der Waals surface area contributed by atoms with E-state index in [1.807, 2.05) is 6.92 Å². The van der Waals surface area contributed by atoms with Crippen molar-refractivity contribution in [1.82, 2.24) is 9.80 Å². The molecule has 10 nitrogen and oxygen atoms in total. The Morgan fingerprint density at radius 1 is 0.828 bits per heavy atom. The van der Waals surface area contributed by atoms with E-state index >= 15 is 0 Å². The summed E-state index contributed by atoms with van der Waals surface area (Å²) in [7, 11) is 0. The maximum atomic E-state index is 12.7. The lowest BCUT2D eigenvalue weighted by atomic mass is 10.1. The minimum atomic E-state index is -0.529. The van der Waals surface area contributed by atoms with E-state index in [9.17, 15) is 29.8 Å². The minimum Gasteiger partial charge on any atom is -0.335 e. The lowest BCUT2D eigenvalue weighted by Crippen LogP contribution is -2.55. The number of nitro benzene ring substituents is 2. The van der Waals surface area contributed by atoms with E-state index in [2.05, 4.69) is 0 Å². The molecule has 10 heteroatoms. The summed E-state index contributed by atoms with van der Waals surface area (Å²) in [6.07, 6.45) is 0. The van der Waals surface area contributed by atoms with Crippen LogP contribution in [0.4, 0.5) is 11.4 Å². The van der Waals surface area contributed by atoms with Gasteiger partial charge >= 0.3 is 0 Å². The topological polar surface area (TPSA) is 127 Å². The van der Waals surface area contributed by atoms with Crippen LogP contribution in [0.25, 0.3) is 0 Å². The number of benzene rings is 2. The normalized spacial score (nSPS) is 16.4. The average molecular weight is 398 g/mol. The molecule has 29 heavy (non-hydrogen) atoms. The van der Waals surface area contributed by atoms with E-state index in [-0.39, 0.29) is 29.2 Å². The van der Waals surface area contributed by atoms with Crippen molar-refractivity contribution in [3.05, 3.63) is 79.9 Å². The molecule has 0 spiro atoms. The predicted molar refractivity (Wildman–Crippen MR) is 103 cm³/mol. The Labute approximate surface area is 165 Å². The van der Waals surface area contributed by atoms with Gasteiger partial charge in [-0.1, -0.05) is 0 Å². The maximum absolute atomic E-state index is 12.7. The number of hydrogen-bond acceptors (Lipinski definition) is 6. The molecule has 1 aliphatic rings. The lowest BCUT2D eigenvalue weighted by Gasteiger charge is -2.40. The molecule has 150 valence electrons. The van der Waals surface area contributed by atoms with Crippen molar-refractivity contribution in [2.24, 2.45) is 0 Å². The Morgan fingerprint density at radius 2 is 1.28 bits per heavy atom. The van der Waals surface area contributed by atoms with Gasteiger partial charge in [-0.2, -0.15) is 0 Å². The van der Waals surface area contributed by atoms with Crippen molar-refractivity contribution in [3.8, 4) is 0 Å². The lowest BCUT2D eigenvalue weighted by molar-refractivity contribution is -0.385. The maximum Gasteiger partial charge on any atom is 0.269 e. The number of carbonyl (C=O) groups is 2. The second-order valence-electron chi connectivity index (χ2n) is 6.71. The van der Waals surface area contributed by atoms with E-state index in [0.29, 0.717) is 30.8 Å². The molecule has 1 aliphatic heterocycles. The second kappa shape index (κ2) is 8.05. The molecule has 0 radical (unpaired) electrons. The molecule has 2 aromatic rings. The highest BCUT2D eigenvalue weighted by Gasteiger charge is 2.31. The van der Waals surface area contributed by atoms with Gasteiger partial charge in [0, 0.05) is 61.1 Å². The Bertz CT molecular complexity index is 958. The highest BCUT2D eigenvalue weighted by molar-refractivity contribution is 5.96. The van der Waals surface area contributed by atoms with Gasteiger partial charge in [-0.15, -0.1) is 0 Å². The zero-order valence-electron chi connectivity index (χ0n) is 15.6. The molecule has 2 aromatic carbocycles. The second-order valence-corrected chi connectivity index (χ2v) is 6.71. The van der Waals surface area contributed by atoms with E-state index in [4.69, 9.17) is 0 Å². The number of nitrogens with zero attached hydrogens (tertiary/aromatic N) is 4. The van der Waals surface area contributed by atoms with Gasteiger partial charge in [0.25, 0.3) is 23.2 Å². The summed E-state index contributed by atoms with van der Waals surface area (Å²) in [5.41, 5.74) is 0.511. The van der Waals surface area contributed by atoms with Crippen LogP contribution in [0.5, 0.6) is 0 Å². The molecule has 0 N–H and O–H groups in total. The summed E-state index contributed by atoms with van der Waals surface area (Å²) >= 11 is 0. The molecular formula is C19H18N4O6. The summed E-state index contributed by atoms with van der Waals surface area (Å²) in [6, 6.07) is 10.5. The molecule has 3 rings (SSSR count). The monoisotopic (exact) mass is 398 g/mol. The van der Waals surface area contributed by atoms with Gasteiger partial charge in [0.05, 0.1) is 9.85 Å². The van der Waals surface area contributed by atoms with Crippen molar-refractivity contribution in [1.29, 1.82) is 0 Å². The van der Waals surface area contributed by atoms with Crippen LogP contribution >= 0.6 is 0 Å². The average Bonchev–Trinajstić information content (AvgIpc) is 2.72. The van der Waals surface area contributed by atoms with Crippen LogP contribution in [0, 0.1) is 20.2 Å². The van der Waals surface area contributed by atoms with Crippen LogP contribution in [-0.4, -0.2) is 57.1 Å². The number of nitro groups is 2. The van der Waals surface area contributed by atoms with Gasteiger partial charge in [0.1, 0.15) is 0 Å². The van der Waals surface area contributed by atoms with Gasteiger partial charge < -0.3 is 9.80 Å². The third kappa shape index (κ3) is 4.21. The first kappa shape index (κ1) is 19.9. The van der Waals surface area contributed by atoms with Crippen LogP contribution < -0.4 is 0 Å². The van der Waals surface area contributed by atoms with Crippen molar-refractivity contribution < 1.29 is 19.4 Å². The number of non-ortho nitro benzene ring substituents is 2. The van der Waals surface area contributed by atoms with E-state index in [0.717, 1.165) is 0 Å². The van der Waals surface area contributed by atoms with Gasteiger partial charge in [-0.3, -0.25) is 29.8 Å². The fourth-order valence-corrected chi connectivity index (χ4v) is 3.24. The van der Waals surface area contributed by atoms with Crippen molar-refractivity contribution in [2.45, 2.75) is 13.0 Å². The summed E-state index contributed by atoms with van der Waals surface area (Å²) in [5, 5.41) is 21.5. The molecule has 1 atom stereocenters. The molecule has 1 saturated heterocycles. The SMILES string of the molecule is C[C@H]1CN(C(=O)c2ccc([N+](=O)[O-])cc2)CCN1C(=O)c1ccc([N+](=O)[O-])cc1. The summed E-state index contributed by atoms with van der Waals surface area (Å²) < 4.78 is 0. The Morgan fingerprint density at radius 3 is 1.69 bits per heavy atom. The summed E-state index contributed by atoms with van der Waals surface area (Å²) in [6.45, 7) is 2.77. The van der Waals surface area contributed by atoms with Gasteiger partial charge in [-0.25, -0.2) is 0 Å². The van der Waals surface area contributed by atoms with Crippen molar-refractivity contribution >= 4 is 23.2 Å². The molecule has 2 amide bonds. The highest BCUT2D eigenvalue weighted by atomic mass is 16.6. The fourth-order valence-electron chi connectivity index (χ4n) is 3.24. The highest BCUT2D eigenvalue weighted by Crippen LogP contribution is 2.19. The zero-order chi connectivity index (χ0) is 21.1. The first-order chi connectivity index (χ1) is 13.8. The van der Waals surface area contributed by atoms with Crippen LogP contribution in [0.2, 0.25) is 0 Å². The van der Waals surface area contributed by atoms with Gasteiger partial charge in [0.15, 0.2) is 0 Å². The van der Waals surface area contributed by atoms with Gasteiger partial charge in [0.2, 0.25) is 0 Å². The minimum absolute atomic E-state index is 0.0894. The summed E-state index contributed by atoms with van der Waals surface area (Å²) in [4.78, 5) is 49.0. The largest absolute Gasteiger partial charge is 0.335 e. The van der Waals surface area contributed by atoms with Crippen LogP contribution in [0.3, 0.4) is 0 Å². The standard InChI is InChI=1S/C19H18N4O6/c1-13-12-20(18(24)14-2-6-16(7-3-14)22(26)27)10-11-21(13)19(25)15-4-8-17(9-5-15)23(28)29/h2-9,13H,10-12H2,1H3/t13-/m0/s1. The molecule has 0 aliphatic carbocycles. The first-order valence-corrected chi connectivity index (χ1v) is 8.87. The fraction of sp³-hybridized carbons (Fsp3) is 0.263. The molecule has 1 fully saturated rings. The first-order valence-electron chi connectivity index (χ1n) is 8.87. The van der Waals surface area contributed by atoms with E-state index in [1.165, 1.54) is 48.5 Å². The molecule has 0 unspecified atom stereocenters. The third-order valence-corrected chi connectivity index (χ3v) is 4.83. The number of rotatable bonds is 4. The molecule has 0 bridgehead atoms. The smallest absolute Gasteiger partial charge is 0.269 e. The Balaban J connectivity index is 1.66. The third-order valence-electron chi connectivity index (χ3n) is 4.83. The van der Waals surface area contributed by atoms with Crippen LogP contribution in [-0.2, 0) is 0 Å². The predicted octanol–water partition coefficient (Wildman–Crippen LogP) is 2.49. The number of piperazine rings is 1. The molecule has 0 aromatic heterocycles. The van der Waals surface area contributed by atoms with Crippen LogP contribution in [0.1, 0.15) is 27.6 Å². The Kier molecular flexibility index (Phi) is 5.53. The molecular weight excluding hydrogens is 380 g/mol. The number of carbonyl (C=O) groups excluding carboxylic acids is 2. The van der Waals surface area contributed by atoms with Crippen molar-refractivity contribution in [3.63, 3.8) is 0 Å². The number of hydrogen-bond donors (Lipinski definition) is 0.